The third-order valence-corrected chi connectivity index (χ3v) is 3.81. The highest BCUT2D eigenvalue weighted by Crippen LogP contribution is 2.30. The third kappa shape index (κ3) is 4.14. The number of anilines is 1. The maximum Gasteiger partial charge on any atom is 0.308 e. The topological polar surface area (TPSA) is 85.3 Å². The van der Waals surface area contributed by atoms with Gasteiger partial charge in [-0.15, -0.1) is 0 Å². The predicted octanol–water partition coefficient (Wildman–Crippen LogP) is 3.11. The van der Waals surface area contributed by atoms with Crippen LogP contribution in [0.3, 0.4) is 0 Å². The summed E-state index contributed by atoms with van der Waals surface area (Å²) in [6, 6.07) is 16.3. The summed E-state index contributed by atoms with van der Waals surface area (Å²) in [5.74, 6) is 0.626. The van der Waals surface area contributed by atoms with E-state index in [1.807, 2.05) is 30.3 Å². The average Bonchev–Trinajstić information content (AvgIpc) is 2.67. The van der Waals surface area contributed by atoms with Gasteiger partial charge >= 0.3 is 5.97 Å². The molecule has 2 aromatic carbocycles. The van der Waals surface area contributed by atoms with E-state index in [1.54, 1.807) is 31.3 Å². The minimum atomic E-state index is -0.444. The van der Waals surface area contributed by atoms with Gasteiger partial charge in [-0.25, -0.2) is 4.98 Å². The molecule has 0 aliphatic rings. The SMILES string of the molecule is CC(=O)Oc1ccccc1-c1nc(-c2ccccc2)nc(N(C)C(C)=O)n1. The number of aromatic nitrogens is 3. The van der Waals surface area contributed by atoms with E-state index in [1.165, 1.54) is 18.7 Å². The molecule has 0 saturated carbocycles. The molecule has 0 unspecified atom stereocenters. The lowest BCUT2D eigenvalue weighted by Gasteiger charge is -2.15. The Morgan fingerprint density at radius 3 is 2.15 bits per heavy atom. The second-order valence-electron chi connectivity index (χ2n) is 5.82. The summed E-state index contributed by atoms with van der Waals surface area (Å²) in [7, 11) is 1.59. The number of amides is 1. The normalized spacial score (nSPS) is 10.3. The van der Waals surface area contributed by atoms with Crippen LogP contribution in [0.25, 0.3) is 22.8 Å². The first-order valence-corrected chi connectivity index (χ1v) is 8.29. The Bertz CT molecular complexity index is 990. The number of rotatable bonds is 4. The molecule has 0 N–H and O–H groups in total. The lowest BCUT2D eigenvalue weighted by molar-refractivity contribution is -0.131. The maximum atomic E-state index is 11.8. The smallest absolute Gasteiger partial charge is 0.308 e. The summed E-state index contributed by atoms with van der Waals surface area (Å²) in [5, 5.41) is 0. The predicted molar refractivity (Wildman–Crippen MR) is 101 cm³/mol. The van der Waals surface area contributed by atoms with Gasteiger partial charge in [0, 0.05) is 26.5 Å². The number of hydrogen-bond donors (Lipinski definition) is 0. The zero-order valence-electron chi connectivity index (χ0n) is 15.2. The molecule has 136 valence electrons. The zero-order valence-corrected chi connectivity index (χ0v) is 15.2. The van der Waals surface area contributed by atoms with E-state index in [0.717, 1.165) is 5.56 Å². The van der Waals surface area contributed by atoms with Gasteiger partial charge in [0.05, 0.1) is 5.56 Å². The molecular formula is C20H18N4O3. The third-order valence-electron chi connectivity index (χ3n) is 3.81. The molecule has 1 aromatic heterocycles. The summed E-state index contributed by atoms with van der Waals surface area (Å²) in [4.78, 5) is 37.9. The van der Waals surface area contributed by atoms with Crippen LogP contribution in [0.2, 0.25) is 0 Å². The first-order valence-electron chi connectivity index (χ1n) is 8.29. The molecule has 0 fully saturated rings. The number of para-hydroxylation sites is 1. The molecular weight excluding hydrogens is 344 g/mol. The molecule has 0 radical (unpaired) electrons. The number of carbonyl (C=O) groups excluding carboxylic acids is 2. The highest BCUT2D eigenvalue weighted by molar-refractivity contribution is 5.89. The first-order chi connectivity index (χ1) is 13.0. The quantitative estimate of drug-likeness (QED) is 0.524. The molecule has 7 nitrogen and oxygen atoms in total. The van der Waals surface area contributed by atoms with Gasteiger partial charge in [-0.05, 0) is 12.1 Å². The minimum Gasteiger partial charge on any atom is -0.426 e. The summed E-state index contributed by atoms with van der Waals surface area (Å²) in [6.07, 6.45) is 0. The highest BCUT2D eigenvalue weighted by atomic mass is 16.5. The number of nitrogens with zero attached hydrogens (tertiary/aromatic N) is 4. The van der Waals surface area contributed by atoms with E-state index in [4.69, 9.17) is 4.74 Å². The minimum absolute atomic E-state index is 0.209. The second-order valence-corrected chi connectivity index (χ2v) is 5.82. The Morgan fingerprint density at radius 2 is 1.48 bits per heavy atom. The fraction of sp³-hybridized carbons (Fsp3) is 0.150. The largest absolute Gasteiger partial charge is 0.426 e. The van der Waals surface area contributed by atoms with Gasteiger partial charge in [0.15, 0.2) is 11.6 Å². The summed E-state index contributed by atoms with van der Waals surface area (Å²) < 4.78 is 5.27. The Hall–Kier alpha value is -3.61. The van der Waals surface area contributed by atoms with Gasteiger partial charge in [-0.2, -0.15) is 9.97 Å². The van der Waals surface area contributed by atoms with Gasteiger partial charge in [-0.1, -0.05) is 42.5 Å². The zero-order chi connectivity index (χ0) is 19.4. The van der Waals surface area contributed by atoms with Crippen molar-refractivity contribution in [1.82, 2.24) is 15.0 Å². The van der Waals surface area contributed by atoms with Crippen molar-refractivity contribution in [3.8, 4) is 28.5 Å². The van der Waals surface area contributed by atoms with Crippen molar-refractivity contribution in [2.45, 2.75) is 13.8 Å². The highest BCUT2D eigenvalue weighted by Gasteiger charge is 2.18. The van der Waals surface area contributed by atoms with Crippen LogP contribution in [-0.4, -0.2) is 33.9 Å². The van der Waals surface area contributed by atoms with Crippen molar-refractivity contribution in [2.75, 3.05) is 11.9 Å². The molecule has 0 aliphatic carbocycles. The number of esters is 1. The van der Waals surface area contributed by atoms with Crippen LogP contribution >= 0.6 is 0 Å². The Kier molecular flexibility index (Phi) is 5.21. The summed E-state index contributed by atoms with van der Waals surface area (Å²) >= 11 is 0. The fourth-order valence-electron chi connectivity index (χ4n) is 2.39. The van der Waals surface area contributed by atoms with E-state index in [2.05, 4.69) is 15.0 Å². The van der Waals surface area contributed by atoms with E-state index in [0.29, 0.717) is 23.0 Å². The number of ether oxygens (including phenoxy) is 1. The van der Waals surface area contributed by atoms with Gasteiger partial charge < -0.3 is 4.74 Å². The van der Waals surface area contributed by atoms with Crippen molar-refractivity contribution in [3.63, 3.8) is 0 Å². The van der Waals surface area contributed by atoms with Crippen LogP contribution in [0.5, 0.6) is 5.75 Å². The molecule has 3 rings (SSSR count). The van der Waals surface area contributed by atoms with Crippen LogP contribution in [-0.2, 0) is 9.59 Å². The lowest BCUT2D eigenvalue weighted by atomic mass is 10.1. The van der Waals surface area contributed by atoms with Crippen LogP contribution in [0.1, 0.15) is 13.8 Å². The number of benzene rings is 2. The molecule has 1 amide bonds. The monoisotopic (exact) mass is 362 g/mol. The van der Waals surface area contributed by atoms with Crippen molar-refractivity contribution in [1.29, 1.82) is 0 Å². The molecule has 0 bridgehead atoms. The van der Waals surface area contributed by atoms with E-state index < -0.39 is 5.97 Å². The van der Waals surface area contributed by atoms with Crippen LogP contribution in [0.4, 0.5) is 5.95 Å². The van der Waals surface area contributed by atoms with Crippen LogP contribution in [0, 0.1) is 0 Å². The van der Waals surface area contributed by atoms with Crippen molar-refractivity contribution in [3.05, 3.63) is 54.6 Å². The molecule has 7 heteroatoms. The first kappa shape index (κ1) is 18.2. The van der Waals surface area contributed by atoms with E-state index in [-0.39, 0.29) is 11.9 Å². The van der Waals surface area contributed by atoms with Crippen molar-refractivity contribution < 1.29 is 14.3 Å². The lowest BCUT2D eigenvalue weighted by Crippen LogP contribution is -2.25. The molecule has 0 spiro atoms. The van der Waals surface area contributed by atoms with E-state index >= 15 is 0 Å². The molecule has 0 aliphatic heterocycles. The maximum absolute atomic E-state index is 11.8. The number of hydrogen-bond acceptors (Lipinski definition) is 6. The molecule has 0 saturated heterocycles. The van der Waals surface area contributed by atoms with Gasteiger partial charge in [-0.3, -0.25) is 14.5 Å². The fourth-order valence-corrected chi connectivity index (χ4v) is 2.39. The van der Waals surface area contributed by atoms with Crippen molar-refractivity contribution >= 4 is 17.8 Å². The molecule has 27 heavy (non-hydrogen) atoms. The molecule has 1 heterocycles. The van der Waals surface area contributed by atoms with Gasteiger partial charge in [0.25, 0.3) is 0 Å². The summed E-state index contributed by atoms with van der Waals surface area (Å²) in [5.41, 5.74) is 1.31. The van der Waals surface area contributed by atoms with Gasteiger partial charge in [0.1, 0.15) is 5.75 Å². The average molecular weight is 362 g/mol. The van der Waals surface area contributed by atoms with Crippen molar-refractivity contribution in [2.24, 2.45) is 0 Å². The second kappa shape index (κ2) is 7.74. The van der Waals surface area contributed by atoms with Gasteiger partial charge in [0.2, 0.25) is 11.9 Å². The Morgan fingerprint density at radius 1 is 0.852 bits per heavy atom. The van der Waals surface area contributed by atoms with E-state index in [9.17, 15) is 9.59 Å². The molecule has 3 aromatic rings. The van der Waals surface area contributed by atoms with Crippen LogP contribution in [0.15, 0.2) is 54.6 Å². The summed E-state index contributed by atoms with van der Waals surface area (Å²) in [6.45, 7) is 2.76. The van der Waals surface area contributed by atoms with Crippen LogP contribution < -0.4 is 9.64 Å². The standard InChI is InChI=1S/C20H18N4O3/c1-13(25)24(3)20-22-18(15-9-5-4-6-10-15)21-19(23-20)16-11-7-8-12-17(16)27-14(2)26/h4-12H,1-3H3. The Labute approximate surface area is 156 Å². The Balaban J connectivity index is 2.20. The number of carbonyl (C=O) groups is 2. The molecule has 0 atom stereocenters.